The predicted octanol–water partition coefficient (Wildman–Crippen LogP) is 3.12. The van der Waals surface area contributed by atoms with E-state index in [0.717, 1.165) is 36.5 Å². The van der Waals surface area contributed by atoms with E-state index in [1.165, 1.54) is 24.8 Å². The summed E-state index contributed by atoms with van der Waals surface area (Å²) in [4.78, 5) is 16.6. The van der Waals surface area contributed by atoms with Crippen molar-refractivity contribution in [3.8, 4) is 5.82 Å². The number of hydrogen-bond donors (Lipinski definition) is 1. The van der Waals surface area contributed by atoms with Crippen molar-refractivity contribution in [2.75, 3.05) is 6.54 Å². The molecule has 5 nitrogen and oxygen atoms in total. The van der Waals surface area contributed by atoms with E-state index in [4.69, 9.17) is 0 Å². The molecule has 2 aromatic rings. The van der Waals surface area contributed by atoms with Gasteiger partial charge in [0.2, 0.25) is 5.91 Å². The zero-order chi connectivity index (χ0) is 16.9. The summed E-state index contributed by atoms with van der Waals surface area (Å²) in [6, 6.07) is 5.81. The lowest BCUT2D eigenvalue weighted by Gasteiger charge is -2.20. The minimum Gasteiger partial charge on any atom is -0.356 e. The van der Waals surface area contributed by atoms with E-state index in [-0.39, 0.29) is 11.8 Å². The molecule has 1 N–H and O–H groups in total. The number of hydrogen-bond acceptors (Lipinski definition) is 3. The Morgan fingerprint density at radius 1 is 1.25 bits per heavy atom. The monoisotopic (exact) mass is 326 g/mol. The largest absolute Gasteiger partial charge is 0.356 e. The van der Waals surface area contributed by atoms with Crippen LogP contribution >= 0.6 is 0 Å². The van der Waals surface area contributed by atoms with Crippen LogP contribution < -0.4 is 5.32 Å². The van der Waals surface area contributed by atoms with Crippen LogP contribution in [-0.4, -0.2) is 27.2 Å². The first-order valence-corrected chi connectivity index (χ1v) is 8.91. The van der Waals surface area contributed by atoms with Crippen molar-refractivity contribution in [3.63, 3.8) is 0 Å². The van der Waals surface area contributed by atoms with Crippen LogP contribution in [0.15, 0.2) is 24.4 Å². The average molecular weight is 326 g/mol. The molecule has 5 heteroatoms. The molecule has 0 aromatic carbocycles. The normalized spacial score (nSPS) is 15.4. The van der Waals surface area contributed by atoms with Gasteiger partial charge in [-0.2, -0.15) is 5.10 Å². The number of nitrogens with zero attached hydrogens (tertiary/aromatic N) is 3. The summed E-state index contributed by atoms with van der Waals surface area (Å²) in [7, 11) is 0. The van der Waals surface area contributed by atoms with Gasteiger partial charge in [0, 0.05) is 24.4 Å². The maximum Gasteiger partial charge on any atom is 0.223 e. The number of rotatable bonds is 5. The molecule has 0 aliphatic heterocycles. The number of carbonyl (C=O) groups is 1. The fraction of sp³-hybridized carbons (Fsp3) is 0.526. The molecule has 1 fully saturated rings. The molecule has 0 atom stereocenters. The summed E-state index contributed by atoms with van der Waals surface area (Å²) in [6.07, 6.45) is 8.32. The number of aromatic nitrogens is 3. The van der Waals surface area contributed by atoms with Gasteiger partial charge in [0.15, 0.2) is 5.82 Å². The van der Waals surface area contributed by atoms with Gasteiger partial charge in [-0.3, -0.25) is 4.79 Å². The van der Waals surface area contributed by atoms with E-state index in [1.54, 1.807) is 6.20 Å². The molecule has 1 amide bonds. The van der Waals surface area contributed by atoms with Crippen LogP contribution in [0.5, 0.6) is 0 Å². The average Bonchev–Trinajstić information content (AvgIpc) is 2.91. The van der Waals surface area contributed by atoms with Crippen LogP contribution in [0.1, 0.15) is 49.1 Å². The molecule has 3 rings (SSSR count). The molecule has 24 heavy (non-hydrogen) atoms. The first-order chi connectivity index (χ1) is 11.7. The summed E-state index contributed by atoms with van der Waals surface area (Å²) in [5, 5.41) is 7.72. The lowest BCUT2D eigenvalue weighted by Crippen LogP contribution is -2.33. The Morgan fingerprint density at radius 3 is 2.75 bits per heavy atom. The number of carbonyl (C=O) groups excluding carboxylic acids is 1. The van der Waals surface area contributed by atoms with E-state index in [2.05, 4.69) is 22.3 Å². The summed E-state index contributed by atoms with van der Waals surface area (Å²) < 4.78 is 1.88. The van der Waals surface area contributed by atoms with Crippen molar-refractivity contribution < 1.29 is 4.79 Å². The fourth-order valence-electron chi connectivity index (χ4n) is 3.56. The van der Waals surface area contributed by atoms with Crippen LogP contribution in [0.2, 0.25) is 0 Å². The molecular formula is C19H26N4O. The first-order valence-electron chi connectivity index (χ1n) is 8.91. The minimum atomic E-state index is 0.220. The van der Waals surface area contributed by atoms with Crippen LogP contribution in [0.25, 0.3) is 5.82 Å². The number of amides is 1. The second kappa shape index (κ2) is 7.60. The fourth-order valence-corrected chi connectivity index (χ4v) is 3.56. The molecule has 0 radical (unpaired) electrons. The lowest BCUT2D eigenvalue weighted by molar-refractivity contribution is -0.125. The Kier molecular flexibility index (Phi) is 5.28. The summed E-state index contributed by atoms with van der Waals surface area (Å²) in [6.45, 7) is 4.75. The molecule has 0 spiro atoms. The van der Waals surface area contributed by atoms with Crippen LogP contribution in [0.3, 0.4) is 0 Å². The Balaban J connectivity index is 1.61. The topological polar surface area (TPSA) is 59.8 Å². The van der Waals surface area contributed by atoms with E-state index in [0.29, 0.717) is 6.54 Å². The SMILES string of the molecule is Cc1nn(-c2ccccn2)c(C)c1CCNC(=O)C1CCCCC1. The molecule has 128 valence electrons. The maximum absolute atomic E-state index is 12.2. The van der Waals surface area contributed by atoms with E-state index in [1.807, 2.05) is 29.8 Å². The third kappa shape index (κ3) is 3.66. The predicted molar refractivity (Wildman–Crippen MR) is 94.1 cm³/mol. The highest BCUT2D eigenvalue weighted by Gasteiger charge is 2.21. The summed E-state index contributed by atoms with van der Waals surface area (Å²) in [5.41, 5.74) is 3.30. The third-order valence-corrected chi connectivity index (χ3v) is 4.96. The zero-order valence-electron chi connectivity index (χ0n) is 14.6. The van der Waals surface area contributed by atoms with Gasteiger partial charge < -0.3 is 5.32 Å². The highest BCUT2D eigenvalue weighted by molar-refractivity contribution is 5.78. The van der Waals surface area contributed by atoms with Crippen LogP contribution in [-0.2, 0) is 11.2 Å². The van der Waals surface area contributed by atoms with Crippen molar-refractivity contribution in [1.82, 2.24) is 20.1 Å². The van der Waals surface area contributed by atoms with Crippen molar-refractivity contribution >= 4 is 5.91 Å². The molecule has 0 unspecified atom stereocenters. The number of aryl methyl sites for hydroxylation is 1. The van der Waals surface area contributed by atoms with Gasteiger partial charge in [0.05, 0.1) is 5.69 Å². The molecule has 2 aromatic heterocycles. The quantitative estimate of drug-likeness (QED) is 0.918. The highest BCUT2D eigenvalue weighted by atomic mass is 16.1. The molecule has 1 aliphatic rings. The standard InChI is InChI=1S/C19H26N4O/c1-14-17(11-13-21-19(24)16-8-4-3-5-9-16)15(2)23(22-14)18-10-6-7-12-20-18/h6-7,10,12,16H,3-5,8-9,11,13H2,1-2H3,(H,21,24). The molecule has 1 aliphatic carbocycles. The van der Waals surface area contributed by atoms with Crippen molar-refractivity contribution in [3.05, 3.63) is 41.3 Å². The molecular weight excluding hydrogens is 300 g/mol. The molecule has 0 bridgehead atoms. The van der Waals surface area contributed by atoms with Crippen LogP contribution in [0, 0.1) is 19.8 Å². The van der Waals surface area contributed by atoms with E-state index < -0.39 is 0 Å². The van der Waals surface area contributed by atoms with Gasteiger partial charge in [-0.15, -0.1) is 0 Å². The Morgan fingerprint density at radius 2 is 2.04 bits per heavy atom. The number of nitrogens with one attached hydrogen (secondary N) is 1. The van der Waals surface area contributed by atoms with Gasteiger partial charge in [0.1, 0.15) is 0 Å². The molecule has 1 saturated carbocycles. The van der Waals surface area contributed by atoms with E-state index >= 15 is 0 Å². The van der Waals surface area contributed by atoms with Crippen molar-refractivity contribution in [1.29, 1.82) is 0 Å². The Bertz CT molecular complexity index is 687. The van der Waals surface area contributed by atoms with Crippen molar-refractivity contribution in [2.45, 2.75) is 52.4 Å². The van der Waals surface area contributed by atoms with Crippen LogP contribution in [0.4, 0.5) is 0 Å². The Labute approximate surface area is 143 Å². The smallest absolute Gasteiger partial charge is 0.223 e. The second-order valence-corrected chi connectivity index (χ2v) is 6.63. The van der Waals surface area contributed by atoms with Gasteiger partial charge in [-0.1, -0.05) is 25.3 Å². The van der Waals surface area contributed by atoms with Gasteiger partial charge >= 0.3 is 0 Å². The van der Waals surface area contributed by atoms with Crippen molar-refractivity contribution in [2.24, 2.45) is 5.92 Å². The third-order valence-electron chi connectivity index (χ3n) is 4.96. The second-order valence-electron chi connectivity index (χ2n) is 6.63. The Hall–Kier alpha value is -2.17. The van der Waals surface area contributed by atoms with Gasteiger partial charge in [-0.05, 0) is 50.8 Å². The molecule has 2 heterocycles. The van der Waals surface area contributed by atoms with Gasteiger partial charge in [-0.25, -0.2) is 9.67 Å². The highest BCUT2D eigenvalue weighted by Crippen LogP contribution is 2.23. The van der Waals surface area contributed by atoms with E-state index in [9.17, 15) is 4.79 Å². The zero-order valence-corrected chi connectivity index (χ0v) is 14.6. The lowest BCUT2D eigenvalue weighted by atomic mass is 9.88. The number of pyridine rings is 1. The maximum atomic E-state index is 12.2. The summed E-state index contributed by atoms with van der Waals surface area (Å²) >= 11 is 0. The molecule has 0 saturated heterocycles. The minimum absolute atomic E-state index is 0.220. The first kappa shape index (κ1) is 16.7. The summed E-state index contributed by atoms with van der Waals surface area (Å²) in [5.74, 6) is 1.27. The van der Waals surface area contributed by atoms with Gasteiger partial charge in [0.25, 0.3) is 0 Å².